The summed E-state index contributed by atoms with van der Waals surface area (Å²) < 4.78 is 47.8. The second-order valence-corrected chi connectivity index (χ2v) is 4.59. The quantitative estimate of drug-likeness (QED) is 0.791. The molecule has 1 fully saturated rings. The van der Waals surface area contributed by atoms with Gasteiger partial charge < -0.3 is 9.47 Å². The van der Waals surface area contributed by atoms with Gasteiger partial charge in [0.1, 0.15) is 17.8 Å². The molecular formula is C13H13F3O3. The zero-order chi connectivity index (χ0) is 14.1. The maximum absolute atomic E-state index is 12.7. The Hall–Kier alpha value is -1.72. The lowest BCUT2D eigenvalue weighted by molar-refractivity contribution is -0.194. The number of ether oxygens (including phenoxy) is 2. The van der Waals surface area contributed by atoms with Gasteiger partial charge in [0.05, 0.1) is 12.7 Å². The number of alkyl halides is 3. The second-order valence-electron chi connectivity index (χ2n) is 4.59. The normalized spacial score (nSPS) is 16.8. The SMILES string of the molecule is COC(=O)c1cccc(OCC2(C(F)(F)F)CC2)c1. The molecule has 104 valence electrons. The van der Waals surface area contributed by atoms with Crippen LogP contribution >= 0.6 is 0 Å². The average Bonchev–Trinajstić information content (AvgIpc) is 3.16. The topological polar surface area (TPSA) is 35.5 Å². The first-order chi connectivity index (χ1) is 8.88. The van der Waals surface area contributed by atoms with E-state index in [0.29, 0.717) is 0 Å². The number of methoxy groups -OCH3 is 1. The molecule has 0 amide bonds. The molecule has 0 N–H and O–H groups in total. The predicted octanol–water partition coefficient (Wildman–Crippen LogP) is 3.19. The van der Waals surface area contributed by atoms with E-state index in [1.165, 1.54) is 31.4 Å². The molecule has 0 saturated heterocycles. The first-order valence-electron chi connectivity index (χ1n) is 5.76. The molecule has 2 rings (SSSR count). The van der Waals surface area contributed by atoms with Gasteiger partial charge in [-0.15, -0.1) is 0 Å². The van der Waals surface area contributed by atoms with Gasteiger partial charge in [0.25, 0.3) is 0 Å². The van der Waals surface area contributed by atoms with Gasteiger partial charge in [-0.05, 0) is 31.0 Å². The minimum Gasteiger partial charge on any atom is -0.493 e. The van der Waals surface area contributed by atoms with Gasteiger partial charge in [-0.25, -0.2) is 4.79 Å². The molecule has 1 aliphatic carbocycles. The van der Waals surface area contributed by atoms with E-state index in [1.54, 1.807) is 0 Å². The van der Waals surface area contributed by atoms with Crippen LogP contribution in [0.15, 0.2) is 24.3 Å². The summed E-state index contributed by atoms with van der Waals surface area (Å²) in [6, 6.07) is 5.93. The molecule has 6 heteroatoms. The van der Waals surface area contributed by atoms with Crippen LogP contribution in [0.1, 0.15) is 23.2 Å². The van der Waals surface area contributed by atoms with Crippen molar-refractivity contribution in [3.8, 4) is 5.75 Å². The van der Waals surface area contributed by atoms with Gasteiger partial charge in [0, 0.05) is 0 Å². The van der Waals surface area contributed by atoms with Gasteiger partial charge in [0.15, 0.2) is 0 Å². The van der Waals surface area contributed by atoms with Gasteiger partial charge >= 0.3 is 12.1 Å². The van der Waals surface area contributed by atoms with Crippen molar-refractivity contribution >= 4 is 5.97 Å². The van der Waals surface area contributed by atoms with Crippen molar-refractivity contribution in [2.24, 2.45) is 5.41 Å². The first-order valence-corrected chi connectivity index (χ1v) is 5.76. The van der Waals surface area contributed by atoms with Crippen LogP contribution < -0.4 is 4.74 Å². The highest BCUT2D eigenvalue weighted by Gasteiger charge is 2.63. The van der Waals surface area contributed by atoms with Crippen molar-refractivity contribution in [1.29, 1.82) is 0 Å². The third-order valence-electron chi connectivity index (χ3n) is 3.23. The summed E-state index contributed by atoms with van der Waals surface area (Å²) in [5, 5.41) is 0. The molecular weight excluding hydrogens is 261 g/mol. The number of carbonyl (C=O) groups excluding carboxylic acids is 1. The van der Waals surface area contributed by atoms with E-state index in [-0.39, 0.29) is 24.2 Å². The van der Waals surface area contributed by atoms with Gasteiger partial charge in [-0.2, -0.15) is 13.2 Å². The largest absolute Gasteiger partial charge is 0.493 e. The molecule has 0 heterocycles. The van der Waals surface area contributed by atoms with Gasteiger partial charge in [-0.3, -0.25) is 0 Å². The fourth-order valence-corrected chi connectivity index (χ4v) is 1.71. The lowest BCUT2D eigenvalue weighted by Gasteiger charge is -2.19. The van der Waals surface area contributed by atoms with Crippen molar-refractivity contribution < 1.29 is 27.4 Å². The molecule has 1 aromatic carbocycles. The molecule has 0 aromatic heterocycles. The zero-order valence-electron chi connectivity index (χ0n) is 10.3. The molecule has 0 bridgehead atoms. The molecule has 19 heavy (non-hydrogen) atoms. The van der Waals surface area contributed by atoms with Crippen molar-refractivity contribution in [2.45, 2.75) is 19.0 Å². The Morgan fingerprint density at radius 3 is 2.58 bits per heavy atom. The Balaban J connectivity index is 2.03. The van der Waals surface area contributed by atoms with Gasteiger partial charge in [-0.1, -0.05) is 6.07 Å². The zero-order valence-corrected chi connectivity index (χ0v) is 10.3. The molecule has 1 aliphatic rings. The molecule has 0 radical (unpaired) electrons. The summed E-state index contributed by atoms with van der Waals surface area (Å²) in [5.41, 5.74) is -1.47. The average molecular weight is 274 g/mol. The van der Waals surface area contributed by atoms with Crippen LogP contribution in [0.2, 0.25) is 0 Å². The number of hydrogen-bond acceptors (Lipinski definition) is 3. The fraction of sp³-hybridized carbons (Fsp3) is 0.462. The summed E-state index contributed by atoms with van der Waals surface area (Å²) in [6.45, 7) is -0.416. The molecule has 0 unspecified atom stereocenters. The number of hydrogen-bond donors (Lipinski definition) is 0. The Labute approximate surface area is 108 Å². The van der Waals surface area contributed by atoms with Crippen LogP contribution in [-0.2, 0) is 4.74 Å². The minimum absolute atomic E-state index is 0.0905. The Bertz CT molecular complexity index is 478. The maximum atomic E-state index is 12.7. The van der Waals surface area contributed by atoms with E-state index in [9.17, 15) is 18.0 Å². The van der Waals surface area contributed by atoms with Crippen molar-refractivity contribution in [2.75, 3.05) is 13.7 Å². The summed E-state index contributed by atoms with van der Waals surface area (Å²) in [6.07, 6.45) is -4.06. The summed E-state index contributed by atoms with van der Waals surface area (Å²) in [4.78, 5) is 11.3. The van der Waals surface area contributed by atoms with Crippen molar-refractivity contribution in [1.82, 2.24) is 0 Å². The smallest absolute Gasteiger partial charge is 0.397 e. The predicted molar refractivity (Wildman–Crippen MR) is 61.0 cm³/mol. The Kier molecular flexibility index (Phi) is 3.43. The van der Waals surface area contributed by atoms with Gasteiger partial charge in [0.2, 0.25) is 0 Å². The van der Waals surface area contributed by atoms with Crippen LogP contribution in [0.25, 0.3) is 0 Å². The first kappa shape index (κ1) is 13.7. The minimum atomic E-state index is -4.24. The number of benzene rings is 1. The molecule has 0 atom stereocenters. The van der Waals surface area contributed by atoms with Crippen molar-refractivity contribution in [3.05, 3.63) is 29.8 Å². The molecule has 0 spiro atoms. The highest BCUT2D eigenvalue weighted by atomic mass is 19.4. The fourth-order valence-electron chi connectivity index (χ4n) is 1.71. The number of halogens is 3. The van der Waals surface area contributed by atoms with E-state index in [0.717, 1.165) is 0 Å². The third kappa shape index (κ3) is 2.83. The van der Waals surface area contributed by atoms with Crippen molar-refractivity contribution in [3.63, 3.8) is 0 Å². The number of carbonyl (C=O) groups is 1. The number of rotatable bonds is 4. The lowest BCUT2D eigenvalue weighted by atomic mass is 10.1. The third-order valence-corrected chi connectivity index (χ3v) is 3.23. The van der Waals surface area contributed by atoms with E-state index in [2.05, 4.69) is 4.74 Å². The van der Waals surface area contributed by atoms with Crippen LogP contribution in [0, 0.1) is 5.41 Å². The van der Waals surface area contributed by atoms with E-state index >= 15 is 0 Å². The molecule has 3 nitrogen and oxygen atoms in total. The van der Waals surface area contributed by atoms with Crippen LogP contribution in [0.5, 0.6) is 5.75 Å². The highest BCUT2D eigenvalue weighted by molar-refractivity contribution is 5.89. The molecule has 1 aromatic rings. The molecule has 1 saturated carbocycles. The summed E-state index contributed by atoms with van der Waals surface area (Å²) >= 11 is 0. The van der Waals surface area contributed by atoms with Crippen LogP contribution in [0.3, 0.4) is 0 Å². The second kappa shape index (κ2) is 4.75. The van der Waals surface area contributed by atoms with E-state index in [1.807, 2.05) is 0 Å². The lowest BCUT2D eigenvalue weighted by Crippen LogP contribution is -2.30. The maximum Gasteiger partial charge on any atom is 0.397 e. The standard InChI is InChI=1S/C13H13F3O3/c1-18-11(17)9-3-2-4-10(7-9)19-8-12(5-6-12)13(14,15)16/h2-4,7H,5-6,8H2,1H3. The van der Waals surface area contributed by atoms with Crippen LogP contribution in [0.4, 0.5) is 13.2 Å². The number of esters is 1. The Morgan fingerprint density at radius 1 is 1.37 bits per heavy atom. The van der Waals surface area contributed by atoms with Crippen LogP contribution in [-0.4, -0.2) is 25.9 Å². The Morgan fingerprint density at radius 2 is 2.05 bits per heavy atom. The summed E-state index contributed by atoms with van der Waals surface area (Å²) in [7, 11) is 1.23. The monoisotopic (exact) mass is 274 g/mol. The summed E-state index contributed by atoms with van der Waals surface area (Å²) in [5.74, 6) is -0.319. The van der Waals surface area contributed by atoms with E-state index in [4.69, 9.17) is 4.74 Å². The molecule has 0 aliphatic heterocycles. The highest BCUT2D eigenvalue weighted by Crippen LogP contribution is 2.57. The van der Waals surface area contributed by atoms with E-state index < -0.39 is 24.2 Å².